The van der Waals surface area contributed by atoms with E-state index in [4.69, 9.17) is 5.73 Å². The van der Waals surface area contributed by atoms with E-state index in [1.165, 1.54) is 0 Å². The van der Waals surface area contributed by atoms with Gasteiger partial charge in [-0.2, -0.15) is 13.2 Å². The zero-order valence-electron chi connectivity index (χ0n) is 9.13. The fourth-order valence-corrected chi connectivity index (χ4v) is 1.44. The Labute approximate surface area is 96.1 Å². The van der Waals surface area contributed by atoms with Crippen molar-refractivity contribution in [2.24, 2.45) is 5.73 Å². The van der Waals surface area contributed by atoms with Crippen LogP contribution in [-0.4, -0.2) is 11.2 Å². The molecule has 2 nitrogen and oxygen atoms in total. The molecule has 1 aromatic carbocycles. The Morgan fingerprint density at radius 2 is 1.94 bits per heavy atom. The van der Waals surface area contributed by atoms with Crippen molar-refractivity contribution in [1.29, 1.82) is 0 Å². The highest BCUT2D eigenvalue weighted by atomic mass is 19.4. The summed E-state index contributed by atoms with van der Waals surface area (Å²) < 4.78 is 50.1. The third-order valence-electron chi connectivity index (χ3n) is 2.52. The molecule has 0 bridgehead atoms. The molecule has 0 heterocycles. The molecule has 0 saturated heterocycles. The molecule has 0 amide bonds. The molecule has 2 atom stereocenters. The zero-order chi connectivity index (χ0) is 13.2. The Kier molecular flexibility index (Phi) is 4.11. The van der Waals surface area contributed by atoms with Gasteiger partial charge in [0.15, 0.2) is 0 Å². The highest BCUT2D eigenvalue weighted by Gasteiger charge is 2.34. The van der Waals surface area contributed by atoms with E-state index in [0.717, 1.165) is 6.07 Å². The van der Waals surface area contributed by atoms with E-state index in [1.807, 2.05) is 0 Å². The smallest absolute Gasteiger partial charge is 0.391 e. The Bertz CT molecular complexity index is 392. The second-order valence-electron chi connectivity index (χ2n) is 3.74. The first-order valence-electron chi connectivity index (χ1n) is 5.07. The van der Waals surface area contributed by atoms with Gasteiger partial charge in [0.25, 0.3) is 0 Å². The van der Waals surface area contributed by atoms with Crippen LogP contribution in [0.3, 0.4) is 0 Å². The van der Waals surface area contributed by atoms with Gasteiger partial charge in [-0.05, 0) is 24.1 Å². The fraction of sp³-hybridized carbons (Fsp3) is 0.455. The van der Waals surface area contributed by atoms with Gasteiger partial charge in [-0.25, -0.2) is 4.39 Å². The maximum atomic E-state index is 13.2. The number of nitrogens with two attached hydrogens (primary N) is 1. The standard InChI is InChI=1S/C11H13F4NO/c1-2-9(17)10(16)6-3-4-7(8(12)5-6)11(13,14)15/h3-5,9-10,17H,2,16H2,1H3/t9-,10+/m0/s1. The molecule has 17 heavy (non-hydrogen) atoms. The highest BCUT2D eigenvalue weighted by Crippen LogP contribution is 2.32. The maximum absolute atomic E-state index is 13.2. The van der Waals surface area contributed by atoms with E-state index in [9.17, 15) is 22.7 Å². The van der Waals surface area contributed by atoms with Crippen molar-refractivity contribution in [3.8, 4) is 0 Å². The van der Waals surface area contributed by atoms with Crippen LogP contribution in [0.1, 0.15) is 30.5 Å². The van der Waals surface area contributed by atoms with E-state index in [2.05, 4.69) is 0 Å². The summed E-state index contributed by atoms with van der Waals surface area (Å²) in [5.41, 5.74) is 4.39. The third kappa shape index (κ3) is 3.17. The van der Waals surface area contributed by atoms with Gasteiger partial charge in [0, 0.05) is 0 Å². The number of hydrogen-bond donors (Lipinski definition) is 2. The first-order chi connectivity index (χ1) is 7.77. The lowest BCUT2D eigenvalue weighted by Crippen LogP contribution is -2.25. The van der Waals surface area contributed by atoms with Gasteiger partial charge >= 0.3 is 6.18 Å². The predicted molar refractivity (Wildman–Crippen MR) is 54.6 cm³/mol. The van der Waals surface area contributed by atoms with Gasteiger partial charge in [-0.3, -0.25) is 0 Å². The lowest BCUT2D eigenvalue weighted by Gasteiger charge is -2.18. The summed E-state index contributed by atoms with van der Waals surface area (Å²) in [6.07, 6.45) is -5.30. The van der Waals surface area contributed by atoms with E-state index < -0.39 is 29.7 Å². The Morgan fingerprint density at radius 1 is 1.35 bits per heavy atom. The summed E-state index contributed by atoms with van der Waals surface area (Å²) in [5, 5.41) is 9.43. The van der Waals surface area contributed by atoms with E-state index in [0.29, 0.717) is 18.6 Å². The number of aliphatic hydroxyl groups is 1. The molecule has 0 saturated carbocycles. The van der Waals surface area contributed by atoms with Gasteiger partial charge in [-0.1, -0.05) is 13.0 Å². The number of benzene rings is 1. The van der Waals surface area contributed by atoms with Gasteiger partial charge < -0.3 is 10.8 Å². The number of halogens is 4. The number of hydrogen-bond acceptors (Lipinski definition) is 2. The minimum Gasteiger partial charge on any atom is -0.391 e. The molecular weight excluding hydrogens is 238 g/mol. The first kappa shape index (κ1) is 13.9. The van der Waals surface area contributed by atoms with Gasteiger partial charge in [-0.15, -0.1) is 0 Å². The number of rotatable bonds is 3. The second-order valence-corrected chi connectivity index (χ2v) is 3.74. The van der Waals surface area contributed by atoms with Gasteiger partial charge in [0.2, 0.25) is 0 Å². The van der Waals surface area contributed by atoms with Crippen LogP contribution in [0.2, 0.25) is 0 Å². The molecule has 0 aliphatic heterocycles. The Balaban J connectivity index is 3.05. The van der Waals surface area contributed by atoms with E-state index in [-0.39, 0.29) is 5.56 Å². The lowest BCUT2D eigenvalue weighted by molar-refractivity contribution is -0.140. The minimum absolute atomic E-state index is 0.143. The van der Waals surface area contributed by atoms with Crippen LogP contribution in [0.25, 0.3) is 0 Å². The minimum atomic E-state index is -4.73. The molecule has 1 rings (SSSR count). The molecule has 96 valence electrons. The summed E-state index contributed by atoms with van der Waals surface area (Å²) >= 11 is 0. The lowest BCUT2D eigenvalue weighted by atomic mass is 9.99. The molecular formula is C11H13F4NO. The van der Waals surface area contributed by atoms with Crippen molar-refractivity contribution in [2.45, 2.75) is 31.7 Å². The largest absolute Gasteiger partial charge is 0.419 e. The molecule has 0 aliphatic rings. The predicted octanol–water partition coefficient (Wildman–Crippen LogP) is 2.62. The van der Waals surface area contributed by atoms with Gasteiger partial charge in [0.1, 0.15) is 5.82 Å². The van der Waals surface area contributed by atoms with Crippen molar-refractivity contribution in [1.82, 2.24) is 0 Å². The monoisotopic (exact) mass is 251 g/mol. The second kappa shape index (κ2) is 5.01. The molecule has 0 spiro atoms. The SMILES string of the molecule is CC[C@H](O)[C@H](N)c1ccc(C(F)(F)F)c(F)c1. The van der Waals surface area contributed by atoms with Crippen LogP contribution < -0.4 is 5.73 Å². The average Bonchev–Trinajstić information content (AvgIpc) is 2.25. The normalized spacial score (nSPS) is 15.7. The molecule has 1 aromatic rings. The van der Waals surface area contributed by atoms with Crippen molar-refractivity contribution in [2.75, 3.05) is 0 Å². The van der Waals surface area contributed by atoms with Crippen molar-refractivity contribution in [3.05, 3.63) is 35.1 Å². The highest BCUT2D eigenvalue weighted by molar-refractivity contribution is 5.28. The maximum Gasteiger partial charge on any atom is 0.419 e. The number of alkyl halides is 3. The quantitative estimate of drug-likeness (QED) is 0.811. The Hall–Kier alpha value is -1.14. The molecule has 0 unspecified atom stereocenters. The molecule has 0 fully saturated rings. The topological polar surface area (TPSA) is 46.2 Å². The summed E-state index contributed by atoms with van der Waals surface area (Å²) in [7, 11) is 0. The molecule has 3 N–H and O–H groups in total. The van der Waals surface area contributed by atoms with Crippen molar-refractivity contribution >= 4 is 0 Å². The molecule has 0 aromatic heterocycles. The van der Waals surface area contributed by atoms with Crippen LogP contribution in [0.4, 0.5) is 17.6 Å². The van der Waals surface area contributed by atoms with Crippen LogP contribution in [0, 0.1) is 5.82 Å². The van der Waals surface area contributed by atoms with Crippen LogP contribution in [-0.2, 0) is 6.18 Å². The molecule has 0 aliphatic carbocycles. The van der Waals surface area contributed by atoms with Crippen molar-refractivity contribution in [3.63, 3.8) is 0 Å². The first-order valence-corrected chi connectivity index (χ1v) is 5.07. The Morgan fingerprint density at radius 3 is 2.35 bits per heavy atom. The summed E-state index contributed by atoms with van der Waals surface area (Å²) in [4.78, 5) is 0. The number of aliphatic hydroxyl groups excluding tert-OH is 1. The summed E-state index contributed by atoms with van der Waals surface area (Å²) in [6, 6.07) is 1.53. The third-order valence-corrected chi connectivity index (χ3v) is 2.52. The van der Waals surface area contributed by atoms with Crippen LogP contribution in [0.15, 0.2) is 18.2 Å². The average molecular weight is 251 g/mol. The molecule has 6 heteroatoms. The molecule has 0 radical (unpaired) electrons. The summed E-state index contributed by atoms with van der Waals surface area (Å²) in [5.74, 6) is -1.38. The zero-order valence-corrected chi connectivity index (χ0v) is 9.13. The van der Waals surface area contributed by atoms with Crippen molar-refractivity contribution < 1.29 is 22.7 Å². The fourth-order valence-electron chi connectivity index (χ4n) is 1.44. The van der Waals surface area contributed by atoms with Gasteiger partial charge in [0.05, 0.1) is 17.7 Å². The summed E-state index contributed by atoms with van der Waals surface area (Å²) in [6.45, 7) is 1.67. The van der Waals surface area contributed by atoms with E-state index >= 15 is 0 Å². The van der Waals surface area contributed by atoms with E-state index in [1.54, 1.807) is 6.92 Å². The van der Waals surface area contributed by atoms with Crippen LogP contribution >= 0.6 is 0 Å². The van der Waals surface area contributed by atoms with Crippen LogP contribution in [0.5, 0.6) is 0 Å².